The van der Waals surface area contributed by atoms with Crippen molar-refractivity contribution in [3.63, 3.8) is 0 Å². The van der Waals surface area contributed by atoms with Crippen molar-refractivity contribution in [2.45, 2.75) is 6.54 Å². The van der Waals surface area contributed by atoms with Crippen LogP contribution in [0.2, 0.25) is 0 Å². The van der Waals surface area contributed by atoms with Gasteiger partial charge in [-0.3, -0.25) is 9.59 Å². The summed E-state index contributed by atoms with van der Waals surface area (Å²) in [5, 5.41) is 7.46. The van der Waals surface area contributed by atoms with E-state index in [4.69, 9.17) is 9.15 Å². The second-order valence-electron chi connectivity index (χ2n) is 5.26. The van der Waals surface area contributed by atoms with Gasteiger partial charge >= 0.3 is 0 Å². The molecule has 2 amide bonds. The van der Waals surface area contributed by atoms with Crippen LogP contribution in [0.4, 0.5) is 5.69 Å². The maximum absolute atomic E-state index is 12.0. The van der Waals surface area contributed by atoms with Crippen molar-refractivity contribution in [3.05, 3.63) is 69.2 Å². The minimum Gasteiger partial charge on any atom is -0.484 e. The summed E-state index contributed by atoms with van der Waals surface area (Å²) >= 11 is 4.94. The Morgan fingerprint density at radius 2 is 2.08 bits per heavy atom. The van der Waals surface area contributed by atoms with Gasteiger partial charge in [0.15, 0.2) is 12.4 Å². The van der Waals surface area contributed by atoms with E-state index < -0.39 is 0 Å². The minimum absolute atomic E-state index is 0.109. The molecule has 0 fully saturated rings. The van der Waals surface area contributed by atoms with Crippen molar-refractivity contribution in [2.75, 3.05) is 11.9 Å². The second-order valence-corrected chi connectivity index (χ2v) is 7.17. The summed E-state index contributed by atoms with van der Waals surface area (Å²) in [6.45, 7) is 0.347. The average molecular weight is 435 g/mol. The zero-order valence-corrected chi connectivity index (χ0v) is 15.9. The Kier molecular flexibility index (Phi) is 6.08. The number of ether oxygens (including phenoxy) is 1. The van der Waals surface area contributed by atoms with Gasteiger partial charge in [-0.25, -0.2) is 0 Å². The number of carbonyl (C=O) groups is 2. The number of hydrogen-bond acceptors (Lipinski definition) is 5. The summed E-state index contributed by atoms with van der Waals surface area (Å²) in [6, 6.07) is 12.0. The van der Waals surface area contributed by atoms with Gasteiger partial charge in [-0.1, -0.05) is 6.07 Å². The van der Waals surface area contributed by atoms with E-state index in [9.17, 15) is 9.59 Å². The molecule has 0 aliphatic carbocycles. The van der Waals surface area contributed by atoms with Crippen molar-refractivity contribution >= 4 is 44.8 Å². The van der Waals surface area contributed by atoms with Crippen LogP contribution in [0.3, 0.4) is 0 Å². The third-order valence-electron chi connectivity index (χ3n) is 3.29. The first kappa shape index (κ1) is 18.2. The summed E-state index contributed by atoms with van der Waals surface area (Å²) in [5.74, 6) is 0.124. The third-order valence-corrected chi connectivity index (χ3v) is 4.99. The number of rotatable bonds is 7. The first-order valence-electron chi connectivity index (χ1n) is 7.67. The summed E-state index contributed by atoms with van der Waals surface area (Å²) < 4.78 is 11.5. The topological polar surface area (TPSA) is 80.6 Å². The highest BCUT2D eigenvalue weighted by Gasteiger charge is 2.09. The molecule has 0 atom stereocenters. The van der Waals surface area contributed by atoms with Gasteiger partial charge < -0.3 is 19.8 Å². The van der Waals surface area contributed by atoms with E-state index in [1.807, 2.05) is 11.4 Å². The number of thiophene rings is 1. The molecule has 6 nitrogen and oxygen atoms in total. The van der Waals surface area contributed by atoms with E-state index in [-0.39, 0.29) is 24.2 Å². The number of benzene rings is 1. The lowest BCUT2D eigenvalue weighted by atomic mass is 10.3. The van der Waals surface area contributed by atoms with Crippen molar-refractivity contribution in [3.8, 4) is 5.75 Å². The average Bonchev–Trinajstić information content (AvgIpc) is 3.30. The lowest BCUT2D eigenvalue weighted by molar-refractivity contribution is -0.123. The Bertz CT molecular complexity index is 892. The molecule has 0 saturated heterocycles. The molecule has 8 heteroatoms. The van der Waals surface area contributed by atoms with Crippen LogP contribution in [-0.4, -0.2) is 18.4 Å². The minimum atomic E-state index is -0.355. The maximum Gasteiger partial charge on any atom is 0.291 e. The highest BCUT2D eigenvalue weighted by atomic mass is 79.9. The maximum atomic E-state index is 12.0. The molecule has 3 rings (SSSR count). The summed E-state index contributed by atoms with van der Waals surface area (Å²) in [7, 11) is 0. The van der Waals surface area contributed by atoms with E-state index in [2.05, 4.69) is 26.6 Å². The van der Waals surface area contributed by atoms with Gasteiger partial charge in [-0.2, -0.15) is 0 Å². The van der Waals surface area contributed by atoms with Gasteiger partial charge in [-0.05, 0) is 46.3 Å². The van der Waals surface area contributed by atoms with Gasteiger partial charge in [0.25, 0.3) is 11.8 Å². The van der Waals surface area contributed by atoms with E-state index in [0.717, 1.165) is 9.35 Å². The van der Waals surface area contributed by atoms with Crippen molar-refractivity contribution in [1.29, 1.82) is 0 Å². The molecule has 3 aromatic rings. The Morgan fingerprint density at radius 1 is 1.19 bits per heavy atom. The number of hydrogen-bond donors (Lipinski definition) is 2. The summed E-state index contributed by atoms with van der Waals surface area (Å²) in [6.07, 6.45) is 1.43. The first-order valence-corrected chi connectivity index (χ1v) is 9.35. The van der Waals surface area contributed by atoms with Crippen molar-refractivity contribution < 1.29 is 18.7 Å². The fourth-order valence-electron chi connectivity index (χ4n) is 2.10. The van der Waals surface area contributed by atoms with E-state index in [1.54, 1.807) is 47.7 Å². The predicted molar refractivity (Wildman–Crippen MR) is 102 cm³/mol. The number of carbonyl (C=O) groups excluding carboxylic acids is 2. The quantitative estimate of drug-likeness (QED) is 0.587. The van der Waals surface area contributed by atoms with E-state index in [1.165, 1.54) is 6.26 Å². The lowest BCUT2D eigenvalue weighted by Crippen LogP contribution is -2.28. The molecule has 2 heterocycles. The van der Waals surface area contributed by atoms with Crippen LogP contribution >= 0.6 is 27.3 Å². The normalized spacial score (nSPS) is 10.3. The van der Waals surface area contributed by atoms with Crippen LogP contribution < -0.4 is 15.4 Å². The summed E-state index contributed by atoms with van der Waals surface area (Å²) in [5.41, 5.74) is 0.549. The number of anilines is 1. The van der Waals surface area contributed by atoms with Gasteiger partial charge in [0.2, 0.25) is 0 Å². The Labute approximate surface area is 162 Å². The molecule has 0 radical (unpaired) electrons. The molecule has 1 aromatic carbocycles. The van der Waals surface area contributed by atoms with Crippen molar-refractivity contribution in [1.82, 2.24) is 5.32 Å². The first-order chi connectivity index (χ1) is 12.6. The van der Waals surface area contributed by atoms with Gasteiger partial charge in [0.1, 0.15) is 5.75 Å². The molecular weight excluding hydrogens is 420 g/mol. The fourth-order valence-corrected chi connectivity index (χ4v) is 3.49. The highest BCUT2D eigenvalue weighted by molar-refractivity contribution is 9.10. The molecular formula is C18H15BrN2O4S. The number of nitrogens with one attached hydrogen (secondary N) is 2. The van der Waals surface area contributed by atoms with Crippen molar-refractivity contribution in [2.24, 2.45) is 0 Å². The van der Waals surface area contributed by atoms with Crippen LogP contribution in [-0.2, 0) is 11.3 Å². The zero-order valence-electron chi connectivity index (χ0n) is 13.5. The largest absolute Gasteiger partial charge is 0.484 e. The smallest absolute Gasteiger partial charge is 0.291 e. The highest BCUT2D eigenvalue weighted by Crippen LogP contribution is 2.20. The predicted octanol–water partition coefficient (Wildman–Crippen LogP) is 4.05. The molecule has 0 bridgehead atoms. The lowest BCUT2D eigenvalue weighted by Gasteiger charge is -2.09. The summed E-state index contributed by atoms with van der Waals surface area (Å²) in [4.78, 5) is 24.9. The van der Waals surface area contributed by atoms with Crippen LogP contribution in [0.1, 0.15) is 15.4 Å². The number of amides is 2. The SMILES string of the molecule is O=C(COc1cccc(NC(=O)c2ccco2)c1)NCc1cc(Br)cs1. The molecule has 0 spiro atoms. The van der Waals surface area contributed by atoms with E-state index >= 15 is 0 Å². The third kappa shape index (κ3) is 5.21. The Hall–Kier alpha value is -2.58. The van der Waals surface area contributed by atoms with E-state index in [0.29, 0.717) is 18.0 Å². The zero-order chi connectivity index (χ0) is 18.4. The van der Waals surface area contributed by atoms with Crippen LogP contribution in [0.5, 0.6) is 5.75 Å². The second kappa shape index (κ2) is 8.68. The molecule has 0 saturated carbocycles. The molecule has 134 valence electrons. The molecule has 26 heavy (non-hydrogen) atoms. The van der Waals surface area contributed by atoms with Gasteiger partial charge in [-0.15, -0.1) is 11.3 Å². The number of halogens is 1. The molecule has 0 unspecified atom stereocenters. The Morgan fingerprint density at radius 3 is 2.81 bits per heavy atom. The van der Waals surface area contributed by atoms with Gasteiger partial charge in [0.05, 0.1) is 12.8 Å². The number of furan rings is 1. The van der Waals surface area contributed by atoms with Crippen LogP contribution in [0, 0.1) is 0 Å². The van der Waals surface area contributed by atoms with Crippen LogP contribution in [0.25, 0.3) is 0 Å². The standard InChI is InChI=1S/C18H15BrN2O4S/c19-12-7-15(26-11-12)9-20-17(22)10-25-14-4-1-3-13(8-14)21-18(23)16-5-2-6-24-16/h1-8,11H,9-10H2,(H,20,22)(H,21,23). The monoisotopic (exact) mass is 434 g/mol. The molecule has 0 aliphatic heterocycles. The van der Waals surface area contributed by atoms with Gasteiger partial charge in [0, 0.05) is 26.5 Å². The molecule has 2 N–H and O–H groups in total. The Balaban J connectivity index is 1.48. The molecule has 0 aliphatic rings. The fraction of sp³-hybridized carbons (Fsp3) is 0.111. The molecule has 2 aromatic heterocycles. The van der Waals surface area contributed by atoms with Crippen LogP contribution in [0.15, 0.2) is 63.0 Å².